The summed E-state index contributed by atoms with van der Waals surface area (Å²) in [4.78, 5) is 17.8. The number of rotatable bonds is 6. The van der Waals surface area contributed by atoms with Crippen LogP contribution in [0.25, 0.3) is 6.08 Å². The van der Waals surface area contributed by atoms with E-state index in [1.165, 1.54) is 18.2 Å². The number of carbonyl (C=O) groups is 1. The monoisotopic (exact) mass is 471 g/mol. The van der Waals surface area contributed by atoms with Crippen molar-refractivity contribution in [3.63, 3.8) is 0 Å². The highest BCUT2D eigenvalue weighted by molar-refractivity contribution is 14.0. The normalized spacial score (nSPS) is 14.5. The zero-order chi connectivity index (χ0) is 17.9. The van der Waals surface area contributed by atoms with Crippen molar-refractivity contribution in [1.29, 1.82) is 0 Å². The van der Waals surface area contributed by atoms with Crippen LogP contribution in [0.1, 0.15) is 37.7 Å². The Morgan fingerprint density at radius 3 is 2.54 bits per heavy atom. The molecule has 0 radical (unpaired) electrons. The smallest absolute Gasteiger partial charge is 0.305 e. The molecule has 0 aliphatic carbocycles. The van der Waals surface area contributed by atoms with Gasteiger partial charge in [-0.2, -0.15) is 0 Å². The Morgan fingerprint density at radius 2 is 1.92 bits per heavy atom. The lowest BCUT2D eigenvalue weighted by atomic mass is 10.0. The number of esters is 1. The molecule has 0 amide bonds. The first-order chi connectivity index (χ1) is 12.2. The van der Waals surface area contributed by atoms with Crippen LogP contribution >= 0.6 is 24.0 Å². The number of piperidine rings is 1. The van der Waals surface area contributed by atoms with Crippen molar-refractivity contribution in [1.82, 2.24) is 10.2 Å². The first kappa shape index (κ1) is 22.5. The van der Waals surface area contributed by atoms with Gasteiger partial charge < -0.3 is 15.0 Å². The number of nitrogens with zero attached hydrogens (tertiary/aromatic N) is 2. The van der Waals surface area contributed by atoms with Gasteiger partial charge in [0.1, 0.15) is 0 Å². The zero-order valence-corrected chi connectivity index (χ0v) is 18.1. The number of halogens is 1. The summed E-state index contributed by atoms with van der Waals surface area (Å²) in [5.41, 5.74) is 2.77. The van der Waals surface area contributed by atoms with Crippen LogP contribution in [-0.4, -0.2) is 50.6 Å². The molecule has 144 valence electrons. The second-order valence-electron chi connectivity index (χ2n) is 6.21. The Kier molecular flexibility index (Phi) is 11.0. The summed E-state index contributed by atoms with van der Waals surface area (Å²) >= 11 is 0. The van der Waals surface area contributed by atoms with Crippen LogP contribution in [-0.2, 0) is 9.53 Å². The molecule has 0 saturated carbocycles. The van der Waals surface area contributed by atoms with Crippen LogP contribution < -0.4 is 5.32 Å². The number of likely N-dealkylation sites (tertiary alicyclic amines) is 1. The third kappa shape index (κ3) is 7.76. The summed E-state index contributed by atoms with van der Waals surface area (Å²) in [5.74, 6) is 0.815. The molecule has 1 saturated heterocycles. The average Bonchev–Trinajstić information content (AvgIpc) is 2.66. The van der Waals surface area contributed by atoms with Gasteiger partial charge in [0.15, 0.2) is 5.96 Å². The van der Waals surface area contributed by atoms with Gasteiger partial charge in [0.25, 0.3) is 0 Å². The molecule has 0 unspecified atom stereocenters. The van der Waals surface area contributed by atoms with Crippen LogP contribution in [0.3, 0.4) is 0 Å². The summed E-state index contributed by atoms with van der Waals surface area (Å²) in [5, 5.41) is 3.40. The number of unbranched alkanes of at least 4 members (excludes halogenated alkanes) is 1. The Labute approximate surface area is 173 Å². The van der Waals surface area contributed by atoms with Crippen molar-refractivity contribution in [3.8, 4) is 0 Å². The molecule has 0 atom stereocenters. The molecular weight excluding hydrogens is 441 g/mol. The number of carbonyl (C=O) groups excluding carboxylic acids is 1. The molecule has 6 heteroatoms. The maximum absolute atomic E-state index is 11.1. The number of ether oxygens (including phenoxy) is 1. The molecule has 0 spiro atoms. The number of hydrogen-bond donors (Lipinski definition) is 1. The van der Waals surface area contributed by atoms with E-state index in [1.54, 1.807) is 0 Å². The third-order valence-corrected chi connectivity index (χ3v) is 4.41. The lowest BCUT2D eigenvalue weighted by Crippen LogP contribution is -2.44. The minimum Gasteiger partial charge on any atom is -0.469 e. The number of methoxy groups -OCH3 is 1. The summed E-state index contributed by atoms with van der Waals surface area (Å²) in [6.07, 6.45) is 6.69. The van der Waals surface area contributed by atoms with Crippen molar-refractivity contribution >= 4 is 42.0 Å². The van der Waals surface area contributed by atoms with Gasteiger partial charge in [-0.1, -0.05) is 42.0 Å². The minimum atomic E-state index is -0.141. The van der Waals surface area contributed by atoms with Crippen molar-refractivity contribution in [3.05, 3.63) is 41.5 Å². The molecule has 0 bridgehead atoms. The quantitative estimate of drug-likeness (QED) is 0.226. The van der Waals surface area contributed by atoms with Crippen molar-refractivity contribution in [2.45, 2.75) is 32.1 Å². The molecule has 1 aliphatic rings. The molecule has 1 heterocycles. The number of nitrogens with one attached hydrogen (secondary N) is 1. The fourth-order valence-electron chi connectivity index (χ4n) is 2.96. The highest BCUT2D eigenvalue weighted by Gasteiger charge is 2.16. The van der Waals surface area contributed by atoms with Gasteiger partial charge in [-0.25, -0.2) is 0 Å². The SMILES string of the molecule is CN=C(NCCCCC(=O)OC)N1CCC(=Cc2ccccc2)CC1.I. The van der Waals surface area contributed by atoms with Gasteiger partial charge in [0, 0.05) is 33.1 Å². The standard InChI is InChI=1S/C20H29N3O2.HI/c1-21-20(22-13-7-6-10-19(24)25-2)23-14-11-18(12-15-23)16-17-8-4-3-5-9-17;/h3-5,8-9,16H,6-7,10-15H2,1-2H3,(H,21,22);1H. The molecule has 0 aromatic heterocycles. The van der Waals surface area contributed by atoms with E-state index in [4.69, 9.17) is 0 Å². The molecule has 1 fully saturated rings. The largest absolute Gasteiger partial charge is 0.469 e. The van der Waals surface area contributed by atoms with Gasteiger partial charge in [0.2, 0.25) is 0 Å². The third-order valence-electron chi connectivity index (χ3n) is 4.41. The Balaban J connectivity index is 0.00000338. The first-order valence-corrected chi connectivity index (χ1v) is 9.00. The van der Waals surface area contributed by atoms with E-state index in [-0.39, 0.29) is 29.9 Å². The van der Waals surface area contributed by atoms with Gasteiger partial charge in [0.05, 0.1) is 7.11 Å². The van der Waals surface area contributed by atoms with Gasteiger partial charge in [-0.15, -0.1) is 24.0 Å². The van der Waals surface area contributed by atoms with Gasteiger partial charge in [-0.05, 0) is 31.2 Å². The maximum atomic E-state index is 11.1. The molecule has 2 rings (SSSR count). The molecule has 26 heavy (non-hydrogen) atoms. The van der Waals surface area contributed by atoms with Gasteiger partial charge >= 0.3 is 5.97 Å². The molecule has 1 aliphatic heterocycles. The van der Waals surface area contributed by atoms with Crippen molar-refractivity contribution in [2.75, 3.05) is 33.8 Å². The van der Waals surface area contributed by atoms with E-state index in [1.807, 2.05) is 13.1 Å². The summed E-state index contributed by atoms with van der Waals surface area (Å²) < 4.78 is 4.65. The zero-order valence-electron chi connectivity index (χ0n) is 15.7. The van der Waals surface area contributed by atoms with Crippen LogP contribution in [0.15, 0.2) is 40.9 Å². The lowest BCUT2D eigenvalue weighted by molar-refractivity contribution is -0.140. The number of guanidine groups is 1. The van der Waals surface area contributed by atoms with E-state index in [0.717, 1.165) is 51.3 Å². The average molecular weight is 471 g/mol. The van der Waals surface area contributed by atoms with Crippen LogP contribution in [0.4, 0.5) is 0 Å². The maximum Gasteiger partial charge on any atom is 0.305 e. The molecule has 1 aromatic rings. The molecule has 5 nitrogen and oxygen atoms in total. The van der Waals surface area contributed by atoms with E-state index < -0.39 is 0 Å². The second kappa shape index (κ2) is 12.7. The van der Waals surface area contributed by atoms with E-state index in [0.29, 0.717) is 6.42 Å². The minimum absolute atomic E-state index is 0. The summed E-state index contributed by atoms with van der Waals surface area (Å²) in [7, 11) is 3.26. The topological polar surface area (TPSA) is 53.9 Å². The first-order valence-electron chi connectivity index (χ1n) is 9.00. The van der Waals surface area contributed by atoms with Crippen molar-refractivity contribution < 1.29 is 9.53 Å². The van der Waals surface area contributed by atoms with E-state index in [2.05, 4.69) is 50.3 Å². The fraction of sp³-hybridized carbons (Fsp3) is 0.500. The predicted molar refractivity (Wildman–Crippen MR) is 118 cm³/mol. The van der Waals surface area contributed by atoms with Crippen LogP contribution in [0.2, 0.25) is 0 Å². The predicted octanol–water partition coefficient (Wildman–Crippen LogP) is 3.70. The highest BCUT2D eigenvalue weighted by Crippen LogP contribution is 2.19. The van der Waals surface area contributed by atoms with Crippen LogP contribution in [0, 0.1) is 0 Å². The van der Waals surface area contributed by atoms with E-state index in [9.17, 15) is 4.79 Å². The number of aliphatic imine (C=N–C) groups is 1. The summed E-state index contributed by atoms with van der Waals surface area (Å²) in [6, 6.07) is 10.5. The Morgan fingerprint density at radius 1 is 1.23 bits per heavy atom. The summed E-state index contributed by atoms with van der Waals surface area (Å²) in [6.45, 7) is 2.80. The Hall–Kier alpha value is -1.57. The second-order valence-corrected chi connectivity index (χ2v) is 6.21. The Bertz CT molecular complexity index is 592. The highest BCUT2D eigenvalue weighted by atomic mass is 127. The van der Waals surface area contributed by atoms with Gasteiger partial charge in [-0.3, -0.25) is 9.79 Å². The number of benzene rings is 1. The lowest BCUT2D eigenvalue weighted by Gasteiger charge is -2.31. The van der Waals surface area contributed by atoms with Crippen molar-refractivity contribution in [2.24, 2.45) is 4.99 Å². The fourth-order valence-corrected chi connectivity index (χ4v) is 2.96. The molecular formula is C20H30IN3O2. The molecule has 1 N–H and O–H groups in total. The van der Waals surface area contributed by atoms with Crippen LogP contribution in [0.5, 0.6) is 0 Å². The van der Waals surface area contributed by atoms with E-state index >= 15 is 0 Å². The molecule has 1 aromatic carbocycles. The number of hydrogen-bond acceptors (Lipinski definition) is 3.